The number of nitrogens with one attached hydrogen (secondary N) is 1. The van der Waals surface area contributed by atoms with Crippen LogP contribution in [0.2, 0.25) is 0 Å². The minimum Gasteiger partial charge on any atom is -0.338 e. The third kappa shape index (κ3) is 2.29. The highest BCUT2D eigenvalue weighted by atomic mass is 15.4. The fraction of sp³-hybridized carbons (Fsp3) is 0.500. The SMILES string of the molecule is CC1CC(C)N(c2nc(NN)nc(-n3ccnc3)n2)C1. The third-order valence-electron chi connectivity index (χ3n) is 3.52. The van der Waals surface area contributed by atoms with Gasteiger partial charge in [-0.05, 0) is 19.3 Å². The van der Waals surface area contributed by atoms with Gasteiger partial charge in [-0.15, -0.1) is 0 Å². The van der Waals surface area contributed by atoms with Gasteiger partial charge in [0.05, 0.1) is 0 Å². The van der Waals surface area contributed by atoms with Gasteiger partial charge in [-0.1, -0.05) is 6.92 Å². The highest BCUT2D eigenvalue weighted by Crippen LogP contribution is 2.26. The number of imidazole rings is 1. The summed E-state index contributed by atoms with van der Waals surface area (Å²) in [6.07, 6.45) is 6.25. The Balaban J connectivity index is 2.00. The van der Waals surface area contributed by atoms with E-state index in [0.29, 0.717) is 29.8 Å². The molecule has 1 aliphatic heterocycles. The van der Waals surface area contributed by atoms with Crippen LogP contribution in [0.25, 0.3) is 5.95 Å². The van der Waals surface area contributed by atoms with E-state index in [-0.39, 0.29) is 0 Å². The Morgan fingerprint density at radius 3 is 2.65 bits per heavy atom. The molecule has 2 aromatic rings. The van der Waals surface area contributed by atoms with Crippen molar-refractivity contribution in [2.75, 3.05) is 16.9 Å². The van der Waals surface area contributed by atoms with Crippen LogP contribution in [0.1, 0.15) is 20.3 Å². The molecule has 2 unspecified atom stereocenters. The Morgan fingerprint density at radius 2 is 2.05 bits per heavy atom. The minimum atomic E-state index is 0.352. The number of anilines is 2. The van der Waals surface area contributed by atoms with Gasteiger partial charge in [0.2, 0.25) is 17.8 Å². The Labute approximate surface area is 117 Å². The van der Waals surface area contributed by atoms with E-state index in [4.69, 9.17) is 5.84 Å². The van der Waals surface area contributed by atoms with E-state index in [9.17, 15) is 0 Å². The number of aromatic nitrogens is 5. The van der Waals surface area contributed by atoms with Gasteiger partial charge >= 0.3 is 0 Å². The number of hydrogen-bond acceptors (Lipinski definition) is 7. The molecule has 0 spiro atoms. The van der Waals surface area contributed by atoms with Crippen LogP contribution < -0.4 is 16.2 Å². The van der Waals surface area contributed by atoms with Crippen molar-refractivity contribution in [1.82, 2.24) is 24.5 Å². The van der Waals surface area contributed by atoms with Crippen molar-refractivity contribution in [1.29, 1.82) is 0 Å². The molecule has 1 saturated heterocycles. The predicted molar refractivity (Wildman–Crippen MR) is 75.3 cm³/mol. The van der Waals surface area contributed by atoms with E-state index in [0.717, 1.165) is 13.0 Å². The summed E-state index contributed by atoms with van der Waals surface area (Å²) in [6, 6.07) is 0.411. The van der Waals surface area contributed by atoms with Crippen molar-refractivity contribution in [2.45, 2.75) is 26.3 Å². The number of nitrogens with two attached hydrogens (primary N) is 1. The zero-order valence-electron chi connectivity index (χ0n) is 11.6. The molecule has 2 atom stereocenters. The molecule has 0 radical (unpaired) electrons. The van der Waals surface area contributed by atoms with E-state index in [1.165, 1.54) is 0 Å². The highest BCUT2D eigenvalue weighted by Gasteiger charge is 2.28. The standard InChI is InChI=1S/C12H18N8/c1-8-5-9(2)20(6-8)12-16-10(18-13)15-11(17-12)19-4-3-14-7-19/h3-4,7-9H,5-6,13H2,1-2H3,(H,15,16,17,18). The van der Waals surface area contributed by atoms with Crippen molar-refractivity contribution in [3.63, 3.8) is 0 Å². The molecular formula is C12H18N8. The zero-order valence-corrected chi connectivity index (χ0v) is 11.6. The highest BCUT2D eigenvalue weighted by molar-refractivity contribution is 5.41. The molecule has 3 N–H and O–H groups in total. The van der Waals surface area contributed by atoms with Crippen molar-refractivity contribution in [3.8, 4) is 5.95 Å². The first-order valence-corrected chi connectivity index (χ1v) is 6.65. The molecule has 1 fully saturated rings. The fourth-order valence-corrected chi connectivity index (χ4v) is 2.62. The van der Waals surface area contributed by atoms with Gasteiger partial charge in [0, 0.05) is 25.0 Å². The van der Waals surface area contributed by atoms with Gasteiger partial charge in [-0.25, -0.2) is 10.8 Å². The predicted octanol–water partition coefficient (Wildman–Crippen LogP) is 0.578. The van der Waals surface area contributed by atoms with E-state index >= 15 is 0 Å². The summed E-state index contributed by atoms with van der Waals surface area (Å²) >= 11 is 0. The summed E-state index contributed by atoms with van der Waals surface area (Å²) in [5.74, 6) is 7.59. The second-order valence-corrected chi connectivity index (χ2v) is 5.22. The van der Waals surface area contributed by atoms with Crippen molar-refractivity contribution >= 4 is 11.9 Å². The lowest BCUT2D eigenvalue weighted by Crippen LogP contribution is -2.30. The van der Waals surface area contributed by atoms with E-state index < -0.39 is 0 Å². The summed E-state index contributed by atoms with van der Waals surface area (Å²) < 4.78 is 1.73. The Morgan fingerprint density at radius 1 is 1.25 bits per heavy atom. The summed E-state index contributed by atoms with van der Waals surface area (Å²) in [4.78, 5) is 19.3. The number of nitrogens with zero attached hydrogens (tertiary/aromatic N) is 6. The largest absolute Gasteiger partial charge is 0.338 e. The molecule has 0 saturated carbocycles. The van der Waals surface area contributed by atoms with Crippen LogP contribution >= 0.6 is 0 Å². The lowest BCUT2D eigenvalue weighted by Gasteiger charge is -2.22. The van der Waals surface area contributed by atoms with Gasteiger partial charge in [-0.3, -0.25) is 9.99 Å². The van der Waals surface area contributed by atoms with Crippen LogP contribution in [-0.4, -0.2) is 37.1 Å². The van der Waals surface area contributed by atoms with Gasteiger partial charge in [0.25, 0.3) is 0 Å². The second-order valence-electron chi connectivity index (χ2n) is 5.22. The normalized spacial score (nSPS) is 22.2. The molecule has 0 aliphatic carbocycles. The van der Waals surface area contributed by atoms with E-state index in [1.807, 2.05) is 0 Å². The topological polar surface area (TPSA) is 97.8 Å². The lowest BCUT2D eigenvalue weighted by atomic mass is 10.1. The molecule has 3 heterocycles. The van der Waals surface area contributed by atoms with Crippen LogP contribution in [-0.2, 0) is 0 Å². The number of nitrogen functional groups attached to an aromatic ring is 1. The molecule has 0 bridgehead atoms. The molecule has 20 heavy (non-hydrogen) atoms. The summed E-state index contributed by atoms with van der Waals surface area (Å²) in [5, 5.41) is 0. The first kappa shape index (κ1) is 12.8. The number of rotatable bonds is 3. The van der Waals surface area contributed by atoms with Crippen LogP contribution in [0.5, 0.6) is 0 Å². The third-order valence-corrected chi connectivity index (χ3v) is 3.52. The van der Waals surface area contributed by atoms with Gasteiger partial charge in [0.15, 0.2) is 0 Å². The van der Waals surface area contributed by atoms with Crippen molar-refractivity contribution in [3.05, 3.63) is 18.7 Å². The lowest BCUT2D eigenvalue weighted by molar-refractivity contribution is 0.624. The molecule has 2 aromatic heterocycles. The first-order valence-electron chi connectivity index (χ1n) is 6.65. The maximum Gasteiger partial charge on any atom is 0.243 e. The monoisotopic (exact) mass is 274 g/mol. The van der Waals surface area contributed by atoms with Crippen LogP contribution in [0.4, 0.5) is 11.9 Å². The molecule has 1 aliphatic rings. The molecule has 8 nitrogen and oxygen atoms in total. The van der Waals surface area contributed by atoms with Crippen molar-refractivity contribution in [2.24, 2.45) is 11.8 Å². The summed E-state index contributed by atoms with van der Waals surface area (Å²) in [5.41, 5.74) is 2.50. The average molecular weight is 274 g/mol. The van der Waals surface area contributed by atoms with Crippen LogP contribution in [0.15, 0.2) is 18.7 Å². The number of hydrazine groups is 1. The first-order chi connectivity index (χ1) is 9.67. The van der Waals surface area contributed by atoms with Gasteiger partial charge in [0.1, 0.15) is 6.33 Å². The Kier molecular flexibility index (Phi) is 3.23. The maximum absolute atomic E-state index is 5.46. The maximum atomic E-state index is 5.46. The van der Waals surface area contributed by atoms with Crippen molar-refractivity contribution < 1.29 is 0 Å². The fourth-order valence-electron chi connectivity index (χ4n) is 2.62. The quantitative estimate of drug-likeness (QED) is 0.624. The smallest absolute Gasteiger partial charge is 0.243 e. The Bertz CT molecular complexity index is 581. The number of hydrogen-bond donors (Lipinski definition) is 2. The molecule has 3 rings (SSSR count). The minimum absolute atomic E-state index is 0.352. The summed E-state index contributed by atoms with van der Waals surface area (Å²) in [6.45, 7) is 5.36. The molecule has 8 heteroatoms. The molecule has 0 amide bonds. The van der Waals surface area contributed by atoms with Gasteiger partial charge in [-0.2, -0.15) is 15.0 Å². The molecular weight excluding hydrogens is 256 g/mol. The zero-order chi connectivity index (χ0) is 14.1. The van der Waals surface area contributed by atoms with Crippen LogP contribution in [0.3, 0.4) is 0 Å². The molecule has 0 aromatic carbocycles. The Hall–Kier alpha value is -2.22. The summed E-state index contributed by atoms with van der Waals surface area (Å²) in [7, 11) is 0. The average Bonchev–Trinajstić information content (AvgIpc) is 3.08. The van der Waals surface area contributed by atoms with Crippen LogP contribution in [0, 0.1) is 5.92 Å². The van der Waals surface area contributed by atoms with Gasteiger partial charge < -0.3 is 4.90 Å². The molecule has 106 valence electrons. The van der Waals surface area contributed by atoms with E-state index in [2.05, 4.69) is 44.1 Å². The second kappa shape index (κ2) is 5.04. The van der Waals surface area contributed by atoms with E-state index in [1.54, 1.807) is 23.3 Å².